The number of hydrogen-bond donors (Lipinski definition) is 1. The van der Waals surface area contributed by atoms with Gasteiger partial charge in [0.1, 0.15) is 5.82 Å². The van der Waals surface area contributed by atoms with Crippen LogP contribution in [0.1, 0.15) is 34.5 Å². The van der Waals surface area contributed by atoms with Gasteiger partial charge in [0.15, 0.2) is 0 Å². The van der Waals surface area contributed by atoms with E-state index in [-0.39, 0.29) is 22.7 Å². The van der Waals surface area contributed by atoms with Crippen LogP contribution in [0.5, 0.6) is 0 Å². The standard InChI is InChI=1S/C20H23FN2O4S/c1-14-3-8-18(28(25,26)23-9-11-27-12-10-23)13-19(14)20(24)22-15(2)16-4-6-17(21)7-5-16/h3-8,13,15H,9-12H2,1-2H3,(H,22,24)/t15-/m1/s1. The average Bonchev–Trinajstić information content (AvgIpc) is 2.69. The number of morpholine rings is 1. The lowest BCUT2D eigenvalue weighted by atomic mass is 10.1. The van der Waals surface area contributed by atoms with Crippen molar-refractivity contribution in [3.8, 4) is 0 Å². The average molecular weight is 406 g/mol. The molecule has 3 rings (SSSR count). The van der Waals surface area contributed by atoms with Crippen LogP contribution in [-0.2, 0) is 14.8 Å². The molecule has 0 bridgehead atoms. The van der Waals surface area contributed by atoms with Gasteiger partial charge in [-0.25, -0.2) is 12.8 Å². The van der Waals surface area contributed by atoms with Crippen molar-refractivity contribution in [2.24, 2.45) is 0 Å². The minimum absolute atomic E-state index is 0.0829. The second-order valence-corrected chi connectivity index (χ2v) is 8.68. The molecule has 0 saturated carbocycles. The predicted octanol–water partition coefficient (Wildman–Crippen LogP) is 2.65. The van der Waals surface area contributed by atoms with Gasteiger partial charge >= 0.3 is 0 Å². The number of nitrogens with zero attached hydrogens (tertiary/aromatic N) is 1. The van der Waals surface area contributed by atoms with Gasteiger partial charge in [-0.3, -0.25) is 4.79 Å². The molecule has 1 atom stereocenters. The summed E-state index contributed by atoms with van der Waals surface area (Å²) in [6, 6.07) is 10.1. The fourth-order valence-electron chi connectivity index (χ4n) is 3.05. The quantitative estimate of drug-likeness (QED) is 0.828. The number of sulfonamides is 1. The Hall–Kier alpha value is -2.29. The second kappa shape index (κ2) is 8.38. The number of hydrogen-bond acceptors (Lipinski definition) is 4. The van der Waals surface area contributed by atoms with Gasteiger partial charge in [0, 0.05) is 18.7 Å². The summed E-state index contributed by atoms with van der Waals surface area (Å²) in [5.41, 5.74) is 1.72. The number of aryl methyl sites for hydroxylation is 1. The Labute approximate surface area is 164 Å². The highest BCUT2D eigenvalue weighted by atomic mass is 32.2. The molecule has 0 spiro atoms. The van der Waals surface area contributed by atoms with E-state index in [0.29, 0.717) is 37.4 Å². The van der Waals surface area contributed by atoms with Gasteiger partial charge in [0.25, 0.3) is 5.91 Å². The molecule has 6 nitrogen and oxygen atoms in total. The van der Waals surface area contributed by atoms with Crippen molar-refractivity contribution in [2.75, 3.05) is 26.3 Å². The highest BCUT2D eigenvalue weighted by Crippen LogP contribution is 2.21. The summed E-state index contributed by atoms with van der Waals surface area (Å²) in [7, 11) is -3.69. The first-order valence-corrected chi connectivity index (χ1v) is 10.5. The largest absolute Gasteiger partial charge is 0.379 e. The third kappa shape index (κ3) is 4.40. The van der Waals surface area contributed by atoms with E-state index in [1.165, 1.54) is 28.6 Å². The fraction of sp³-hybridized carbons (Fsp3) is 0.350. The number of benzene rings is 2. The highest BCUT2D eigenvalue weighted by Gasteiger charge is 2.27. The molecule has 2 aromatic rings. The van der Waals surface area contributed by atoms with Crippen LogP contribution in [0.3, 0.4) is 0 Å². The Morgan fingerprint density at radius 3 is 2.43 bits per heavy atom. The SMILES string of the molecule is Cc1ccc(S(=O)(=O)N2CCOCC2)cc1C(=O)N[C@H](C)c1ccc(F)cc1. The number of carbonyl (C=O) groups excluding carboxylic acids is 1. The number of ether oxygens (including phenoxy) is 1. The van der Waals surface area contributed by atoms with Gasteiger partial charge in [0.05, 0.1) is 24.2 Å². The van der Waals surface area contributed by atoms with Crippen molar-refractivity contribution in [1.82, 2.24) is 9.62 Å². The summed E-state index contributed by atoms with van der Waals surface area (Å²) in [5, 5.41) is 2.84. The maximum absolute atomic E-state index is 13.1. The van der Waals surface area contributed by atoms with E-state index in [4.69, 9.17) is 4.74 Å². The van der Waals surface area contributed by atoms with E-state index in [0.717, 1.165) is 5.56 Å². The van der Waals surface area contributed by atoms with Gasteiger partial charge in [-0.15, -0.1) is 0 Å². The molecule has 8 heteroatoms. The first kappa shape index (κ1) is 20.4. The third-order valence-corrected chi connectivity index (χ3v) is 6.67. The molecule has 1 amide bonds. The minimum Gasteiger partial charge on any atom is -0.379 e. The lowest BCUT2D eigenvalue weighted by Crippen LogP contribution is -2.40. The molecule has 0 unspecified atom stereocenters. The van der Waals surface area contributed by atoms with E-state index in [1.807, 2.05) is 0 Å². The Morgan fingerprint density at radius 1 is 1.14 bits per heavy atom. The molecular formula is C20H23FN2O4S. The molecule has 28 heavy (non-hydrogen) atoms. The number of rotatable bonds is 5. The van der Waals surface area contributed by atoms with E-state index in [9.17, 15) is 17.6 Å². The lowest BCUT2D eigenvalue weighted by Gasteiger charge is -2.26. The number of halogens is 1. The van der Waals surface area contributed by atoms with Gasteiger partial charge < -0.3 is 10.1 Å². The summed E-state index contributed by atoms with van der Waals surface area (Å²) >= 11 is 0. The molecule has 0 radical (unpaired) electrons. The van der Waals surface area contributed by atoms with Crippen molar-refractivity contribution in [1.29, 1.82) is 0 Å². The van der Waals surface area contributed by atoms with Crippen LogP contribution >= 0.6 is 0 Å². The summed E-state index contributed by atoms with van der Waals surface area (Å²) in [6.45, 7) is 4.83. The molecule has 1 aliphatic heterocycles. The van der Waals surface area contributed by atoms with Crippen molar-refractivity contribution in [3.63, 3.8) is 0 Å². The molecule has 1 saturated heterocycles. The number of carbonyl (C=O) groups is 1. The third-order valence-electron chi connectivity index (χ3n) is 4.78. The lowest BCUT2D eigenvalue weighted by molar-refractivity contribution is 0.0730. The highest BCUT2D eigenvalue weighted by molar-refractivity contribution is 7.89. The molecule has 150 valence electrons. The molecular weight excluding hydrogens is 383 g/mol. The van der Waals surface area contributed by atoms with Gasteiger partial charge in [-0.1, -0.05) is 18.2 Å². The molecule has 0 aromatic heterocycles. The van der Waals surface area contributed by atoms with Crippen molar-refractivity contribution in [2.45, 2.75) is 24.8 Å². The summed E-state index contributed by atoms with van der Waals surface area (Å²) in [5.74, 6) is -0.729. The first-order chi connectivity index (χ1) is 13.3. The normalized spacial score (nSPS) is 16.5. The molecule has 1 heterocycles. The monoisotopic (exact) mass is 406 g/mol. The maximum Gasteiger partial charge on any atom is 0.252 e. The van der Waals surface area contributed by atoms with Crippen molar-refractivity contribution < 1.29 is 22.3 Å². The zero-order valence-corrected chi connectivity index (χ0v) is 16.6. The number of nitrogens with one attached hydrogen (secondary N) is 1. The van der Waals surface area contributed by atoms with E-state index >= 15 is 0 Å². The minimum atomic E-state index is -3.69. The van der Waals surface area contributed by atoms with Crippen molar-refractivity contribution in [3.05, 3.63) is 65.0 Å². The zero-order chi connectivity index (χ0) is 20.3. The number of amides is 1. The van der Waals surface area contributed by atoms with Gasteiger partial charge in [-0.2, -0.15) is 4.31 Å². The van der Waals surface area contributed by atoms with Crippen LogP contribution in [-0.4, -0.2) is 44.9 Å². The fourth-order valence-corrected chi connectivity index (χ4v) is 4.49. The van der Waals surface area contributed by atoms with E-state index < -0.39 is 10.0 Å². The smallest absolute Gasteiger partial charge is 0.252 e. The Bertz CT molecular complexity index is 955. The van der Waals surface area contributed by atoms with E-state index in [1.54, 1.807) is 32.0 Å². The second-order valence-electron chi connectivity index (χ2n) is 6.74. The van der Waals surface area contributed by atoms with Crippen LogP contribution in [0.15, 0.2) is 47.4 Å². The Morgan fingerprint density at radius 2 is 1.79 bits per heavy atom. The molecule has 1 fully saturated rings. The first-order valence-electron chi connectivity index (χ1n) is 9.04. The predicted molar refractivity (Wildman–Crippen MR) is 103 cm³/mol. The molecule has 2 aromatic carbocycles. The van der Waals surface area contributed by atoms with Crippen LogP contribution < -0.4 is 5.32 Å². The van der Waals surface area contributed by atoms with Crippen molar-refractivity contribution >= 4 is 15.9 Å². The van der Waals surface area contributed by atoms with Crippen LogP contribution in [0.25, 0.3) is 0 Å². The van der Waals surface area contributed by atoms with Gasteiger partial charge in [-0.05, 0) is 49.2 Å². The summed E-state index contributed by atoms with van der Waals surface area (Å²) in [6.07, 6.45) is 0. The van der Waals surface area contributed by atoms with Gasteiger partial charge in [0.2, 0.25) is 10.0 Å². The summed E-state index contributed by atoms with van der Waals surface area (Å²) < 4.78 is 45.4. The molecule has 1 aliphatic rings. The molecule has 0 aliphatic carbocycles. The topological polar surface area (TPSA) is 75.7 Å². The Balaban J connectivity index is 1.82. The maximum atomic E-state index is 13.1. The van der Waals surface area contributed by atoms with Crippen LogP contribution in [0.4, 0.5) is 4.39 Å². The van der Waals surface area contributed by atoms with Crippen LogP contribution in [0, 0.1) is 12.7 Å². The van der Waals surface area contributed by atoms with E-state index in [2.05, 4.69) is 5.32 Å². The zero-order valence-electron chi connectivity index (χ0n) is 15.8. The summed E-state index contributed by atoms with van der Waals surface area (Å²) in [4.78, 5) is 12.8. The van der Waals surface area contributed by atoms with Crippen LogP contribution in [0.2, 0.25) is 0 Å². The molecule has 1 N–H and O–H groups in total. The Kier molecular flexibility index (Phi) is 6.12.